The lowest BCUT2D eigenvalue weighted by molar-refractivity contribution is -0.240. The molecular formula is C28H44O5. The Morgan fingerprint density at radius 1 is 1.00 bits per heavy atom. The van der Waals surface area contributed by atoms with Gasteiger partial charge in [0, 0.05) is 24.7 Å². The number of Topliss-reactive ketones (excluding diaryl/α,β-unsaturated/α-hetero) is 1. The molecule has 0 radical (unpaired) electrons. The van der Waals surface area contributed by atoms with E-state index in [0.29, 0.717) is 42.5 Å². The molecule has 5 rings (SSSR count). The van der Waals surface area contributed by atoms with Crippen LogP contribution in [0.4, 0.5) is 0 Å². The van der Waals surface area contributed by atoms with Crippen LogP contribution in [-0.2, 0) is 19.1 Å². The number of aliphatic hydroxyl groups is 1. The summed E-state index contributed by atoms with van der Waals surface area (Å²) in [6.07, 6.45) is 6.90. The van der Waals surface area contributed by atoms with Crippen LogP contribution >= 0.6 is 0 Å². The van der Waals surface area contributed by atoms with Gasteiger partial charge in [0.15, 0.2) is 5.79 Å². The second kappa shape index (κ2) is 7.06. The van der Waals surface area contributed by atoms with Crippen LogP contribution < -0.4 is 0 Å². The maximum absolute atomic E-state index is 14.2. The third-order valence-corrected chi connectivity index (χ3v) is 11.9. The fourth-order valence-electron chi connectivity index (χ4n) is 10.5. The van der Waals surface area contributed by atoms with E-state index < -0.39 is 17.3 Å². The summed E-state index contributed by atoms with van der Waals surface area (Å²) in [5.74, 6) is -0.732. The molecule has 1 saturated heterocycles. The third-order valence-electron chi connectivity index (χ3n) is 11.9. The molecule has 10 unspecified atom stereocenters. The molecule has 5 nitrogen and oxygen atoms in total. The molecule has 0 spiro atoms. The maximum atomic E-state index is 14.2. The Labute approximate surface area is 199 Å². The summed E-state index contributed by atoms with van der Waals surface area (Å²) in [5, 5.41) is 11.1. The zero-order valence-corrected chi connectivity index (χ0v) is 21.7. The highest BCUT2D eigenvalue weighted by Crippen LogP contribution is 2.73. The predicted octanol–water partition coefficient (Wildman–Crippen LogP) is 5.14. The van der Waals surface area contributed by atoms with Gasteiger partial charge >= 0.3 is 5.97 Å². The van der Waals surface area contributed by atoms with Crippen molar-refractivity contribution >= 4 is 11.8 Å². The molecule has 1 aliphatic heterocycles. The number of hydrogen-bond acceptors (Lipinski definition) is 5. The molecule has 5 aliphatic rings. The zero-order chi connectivity index (χ0) is 24.2. The van der Waals surface area contributed by atoms with E-state index in [2.05, 4.69) is 34.6 Å². The SMILES string of the molecule is CC(=O)OC1CC2C3(C)CCC4C(C)(C)CCCC4(C)C3CC(=O)C2(C)C2COC(C)(O)C12. The van der Waals surface area contributed by atoms with Crippen LogP contribution in [0.1, 0.15) is 93.4 Å². The Balaban J connectivity index is 1.59. The average molecular weight is 461 g/mol. The maximum Gasteiger partial charge on any atom is 0.302 e. The Morgan fingerprint density at radius 3 is 2.33 bits per heavy atom. The van der Waals surface area contributed by atoms with E-state index in [-0.39, 0.29) is 34.6 Å². The fraction of sp³-hybridized carbons (Fsp3) is 0.929. The minimum atomic E-state index is -1.38. The molecule has 1 N–H and O–H groups in total. The van der Waals surface area contributed by atoms with Crippen molar-refractivity contribution in [3.8, 4) is 0 Å². The van der Waals surface area contributed by atoms with Crippen molar-refractivity contribution < 1.29 is 24.2 Å². The number of carbonyl (C=O) groups is 2. The van der Waals surface area contributed by atoms with Crippen LogP contribution in [-0.4, -0.2) is 35.4 Å². The van der Waals surface area contributed by atoms with Crippen LogP contribution in [0.25, 0.3) is 0 Å². The minimum absolute atomic E-state index is 0.0130. The molecule has 33 heavy (non-hydrogen) atoms. The fourth-order valence-corrected chi connectivity index (χ4v) is 10.5. The minimum Gasteiger partial charge on any atom is -0.462 e. The number of ketones is 1. The summed E-state index contributed by atoms with van der Waals surface area (Å²) in [4.78, 5) is 26.2. The van der Waals surface area contributed by atoms with E-state index in [1.807, 2.05) is 0 Å². The molecule has 10 atom stereocenters. The summed E-state index contributed by atoms with van der Waals surface area (Å²) in [7, 11) is 0. The van der Waals surface area contributed by atoms with Gasteiger partial charge in [0.25, 0.3) is 0 Å². The van der Waals surface area contributed by atoms with Gasteiger partial charge in [-0.25, -0.2) is 0 Å². The van der Waals surface area contributed by atoms with Gasteiger partial charge in [-0.1, -0.05) is 41.0 Å². The van der Waals surface area contributed by atoms with E-state index in [0.717, 1.165) is 6.42 Å². The summed E-state index contributed by atoms with van der Waals surface area (Å²) >= 11 is 0. The molecule has 0 bridgehead atoms. The number of hydrogen-bond donors (Lipinski definition) is 1. The lowest BCUT2D eigenvalue weighted by atomic mass is 9.34. The highest BCUT2D eigenvalue weighted by atomic mass is 16.6. The lowest BCUT2D eigenvalue weighted by Crippen LogP contribution is -2.68. The molecule has 4 aliphatic carbocycles. The molecule has 1 heterocycles. The molecule has 0 amide bonds. The van der Waals surface area contributed by atoms with E-state index in [9.17, 15) is 14.7 Å². The topological polar surface area (TPSA) is 72.8 Å². The van der Waals surface area contributed by atoms with E-state index in [1.54, 1.807) is 6.92 Å². The second-order valence-corrected chi connectivity index (χ2v) is 13.8. The smallest absolute Gasteiger partial charge is 0.302 e. The van der Waals surface area contributed by atoms with Crippen molar-refractivity contribution in [3.05, 3.63) is 0 Å². The Kier molecular flexibility index (Phi) is 5.09. The van der Waals surface area contributed by atoms with Crippen molar-refractivity contribution in [1.29, 1.82) is 0 Å². The first-order valence-electron chi connectivity index (χ1n) is 13.2. The quantitative estimate of drug-likeness (QED) is 0.549. The highest BCUT2D eigenvalue weighted by molar-refractivity contribution is 5.87. The van der Waals surface area contributed by atoms with Crippen LogP contribution in [0.2, 0.25) is 0 Å². The summed E-state index contributed by atoms with van der Waals surface area (Å²) in [6.45, 7) is 15.4. The van der Waals surface area contributed by atoms with Gasteiger partial charge in [0.1, 0.15) is 11.9 Å². The number of rotatable bonds is 1. The monoisotopic (exact) mass is 460 g/mol. The first-order chi connectivity index (χ1) is 15.2. The van der Waals surface area contributed by atoms with Crippen molar-refractivity contribution in [2.45, 2.75) is 105 Å². The van der Waals surface area contributed by atoms with Crippen molar-refractivity contribution in [2.24, 2.45) is 51.2 Å². The van der Waals surface area contributed by atoms with Crippen LogP contribution in [0, 0.1) is 51.2 Å². The highest BCUT2D eigenvalue weighted by Gasteiger charge is 2.73. The van der Waals surface area contributed by atoms with Gasteiger partial charge in [0.05, 0.1) is 12.5 Å². The lowest BCUT2D eigenvalue weighted by Gasteiger charge is -2.70. The van der Waals surface area contributed by atoms with E-state index in [4.69, 9.17) is 9.47 Å². The number of ether oxygens (including phenoxy) is 2. The first-order valence-corrected chi connectivity index (χ1v) is 13.2. The van der Waals surface area contributed by atoms with Crippen LogP contribution in [0.5, 0.6) is 0 Å². The Bertz CT molecular complexity index is 862. The molecule has 186 valence electrons. The number of carbonyl (C=O) groups excluding carboxylic acids is 2. The van der Waals surface area contributed by atoms with Gasteiger partial charge in [-0.05, 0) is 73.0 Å². The Morgan fingerprint density at radius 2 is 1.67 bits per heavy atom. The van der Waals surface area contributed by atoms with Gasteiger partial charge in [-0.2, -0.15) is 0 Å². The molecule has 4 saturated carbocycles. The molecular weight excluding hydrogens is 416 g/mol. The Hall–Kier alpha value is -0.940. The van der Waals surface area contributed by atoms with Gasteiger partial charge < -0.3 is 14.6 Å². The normalized spacial score (nSPS) is 55.1. The van der Waals surface area contributed by atoms with Crippen LogP contribution in [0.15, 0.2) is 0 Å². The predicted molar refractivity (Wildman–Crippen MR) is 125 cm³/mol. The number of fused-ring (bicyclic) bond motifs is 7. The molecule has 5 heteroatoms. The third kappa shape index (κ3) is 3.03. The summed E-state index contributed by atoms with van der Waals surface area (Å²) in [6, 6.07) is 0. The molecule has 0 aromatic carbocycles. The van der Waals surface area contributed by atoms with Gasteiger partial charge in [-0.3, -0.25) is 9.59 Å². The van der Waals surface area contributed by atoms with Crippen molar-refractivity contribution in [2.75, 3.05) is 6.61 Å². The summed E-state index contributed by atoms with van der Waals surface area (Å²) < 4.78 is 11.7. The van der Waals surface area contributed by atoms with E-state index in [1.165, 1.54) is 32.6 Å². The molecule has 0 aromatic heterocycles. The second-order valence-electron chi connectivity index (χ2n) is 13.8. The molecule has 5 fully saturated rings. The van der Waals surface area contributed by atoms with Crippen molar-refractivity contribution in [1.82, 2.24) is 0 Å². The summed E-state index contributed by atoms with van der Waals surface area (Å²) in [5.41, 5.74) is -0.0647. The first kappa shape index (κ1) is 23.8. The standard InChI is InChI=1S/C28H44O5/c1-16(29)33-18-13-21-26(5)12-9-19-24(2,3)10-8-11-25(19,4)20(26)14-22(30)27(21,6)17-15-32-28(7,31)23(17)18/h17-21,23,31H,8-15H2,1-7H3. The van der Waals surface area contributed by atoms with Gasteiger partial charge in [0.2, 0.25) is 0 Å². The van der Waals surface area contributed by atoms with Gasteiger partial charge in [-0.15, -0.1) is 0 Å². The van der Waals surface area contributed by atoms with E-state index >= 15 is 0 Å². The largest absolute Gasteiger partial charge is 0.462 e. The average Bonchev–Trinajstić information content (AvgIpc) is 3.01. The molecule has 0 aromatic rings. The van der Waals surface area contributed by atoms with Crippen LogP contribution in [0.3, 0.4) is 0 Å². The number of esters is 1. The zero-order valence-electron chi connectivity index (χ0n) is 21.7. The van der Waals surface area contributed by atoms with Crippen molar-refractivity contribution in [3.63, 3.8) is 0 Å².